The van der Waals surface area contributed by atoms with Gasteiger partial charge in [-0.25, -0.2) is 9.07 Å². The average molecular weight is 584 g/mol. The van der Waals surface area contributed by atoms with Crippen LogP contribution in [-0.4, -0.2) is 47.0 Å². The molecule has 1 heterocycles. The highest BCUT2D eigenvalue weighted by Gasteiger charge is 2.29. The van der Waals surface area contributed by atoms with Crippen molar-refractivity contribution in [2.45, 2.75) is 85.1 Å². The van der Waals surface area contributed by atoms with E-state index in [1.807, 2.05) is 13.8 Å². The molecule has 1 fully saturated rings. The Balaban J connectivity index is 0.000000947. The van der Waals surface area contributed by atoms with Gasteiger partial charge in [-0.3, -0.25) is 9.59 Å². The van der Waals surface area contributed by atoms with Gasteiger partial charge in [0.05, 0.1) is 37.6 Å². The fourth-order valence-electron chi connectivity index (χ4n) is 4.86. The second-order valence-corrected chi connectivity index (χ2v) is 9.92. The maximum Gasteiger partial charge on any atom is 0.305 e. The molecule has 1 unspecified atom stereocenters. The van der Waals surface area contributed by atoms with E-state index >= 15 is 0 Å². The molecule has 2 N–H and O–H groups in total. The van der Waals surface area contributed by atoms with Crippen LogP contribution in [0.15, 0.2) is 48.5 Å². The second-order valence-electron chi connectivity index (χ2n) is 9.92. The number of rotatable bonds is 10. The Morgan fingerprint density at radius 3 is 2.07 bits per heavy atom. The number of halogens is 1. The van der Waals surface area contributed by atoms with Crippen LogP contribution in [0, 0.1) is 11.7 Å². The fourth-order valence-corrected chi connectivity index (χ4v) is 4.86. The third-order valence-corrected chi connectivity index (χ3v) is 7.13. The molecule has 42 heavy (non-hydrogen) atoms. The van der Waals surface area contributed by atoms with Gasteiger partial charge in [0.1, 0.15) is 17.3 Å². The Bertz CT molecular complexity index is 1230. The predicted molar refractivity (Wildman–Crippen MR) is 164 cm³/mol. The number of carboxylic acids is 1. The molecule has 230 valence electrons. The Hall–Kier alpha value is -3.88. The highest BCUT2D eigenvalue weighted by atomic mass is 19.1. The van der Waals surface area contributed by atoms with E-state index in [0.29, 0.717) is 28.4 Å². The minimum Gasteiger partial charge on any atom is -0.496 e. The topological polar surface area (TPSA) is 103 Å². The molecule has 1 aliphatic rings. The Morgan fingerprint density at radius 1 is 1.00 bits per heavy atom. The third kappa shape index (κ3) is 9.33. The number of carbonyl (C=O) groups excluding carboxylic acids is 1. The van der Waals surface area contributed by atoms with E-state index in [1.165, 1.54) is 43.9 Å². The Labute approximate surface area is 249 Å². The number of benzene rings is 2. The van der Waals surface area contributed by atoms with Crippen LogP contribution in [-0.2, 0) is 4.79 Å². The molecule has 1 saturated carbocycles. The first-order valence-corrected chi connectivity index (χ1v) is 14.9. The van der Waals surface area contributed by atoms with E-state index in [0.717, 1.165) is 32.1 Å². The van der Waals surface area contributed by atoms with Gasteiger partial charge in [-0.1, -0.05) is 65.9 Å². The minimum absolute atomic E-state index is 0.103. The van der Waals surface area contributed by atoms with Gasteiger partial charge < -0.3 is 19.9 Å². The van der Waals surface area contributed by atoms with Crippen molar-refractivity contribution < 1.29 is 28.6 Å². The number of nitrogens with zero attached hydrogens (tertiary/aromatic N) is 2. The minimum atomic E-state index is -0.956. The highest BCUT2D eigenvalue weighted by molar-refractivity contribution is 5.94. The molecule has 2 aromatic carbocycles. The van der Waals surface area contributed by atoms with Crippen molar-refractivity contribution >= 4 is 11.9 Å². The number of aromatic nitrogens is 2. The van der Waals surface area contributed by atoms with Gasteiger partial charge in [0, 0.05) is 6.04 Å². The molecule has 0 aliphatic heterocycles. The zero-order valence-corrected chi connectivity index (χ0v) is 25.8. The van der Waals surface area contributed by atoms with Gasteiger partial charge in [0.25, 0.3) is 5.91 Å². The van der Waals surface area contributed by atoms with Gasteiger partial charge in [-0.15, -0.1) is 0 Å². The summed E-state index contributed by atoms with van der Waals surface area (Å²) in [6, 6.07) is 12.2. The van der Waals surface area contributed by atoms with Crippen LogP contribution in [0.2, 0.25) is 0 Å². The zero-order chi connectivity index (χ0) is 31.1. The number of methoxy groups -OCH3 is 2. The summed E-state index contributed by atoms with van der Waals surface area (Å²) in [6.45, 7) is 8.36. The van der Waals surface area contributed by atoms with Crippen LogP contribution in [0.3, 0.4) is 0 Å². The molecule has 1 amide bonds. The van der Waals surface area contributed by atoms with E-state index in [4.69, 9.17) is 9.47 Å². The molecule has 3 aromatic rings. The smallest absolute Gasteiger partial charge is 0.305 e. The van der Waals surface area contributed by atoms with Gasteiger partial charge >= 0.3 is 5.97 Å². The molecule has 0 radical (unpaired) electrons. The van der Waals surface area contributed by atoms with Gasteiger partial charge in [0.2, 0.25) is 0 Å². The number of unbranched alkanes of at least 4 members (excludes halogenated alkanes) is 1. The molecular formula is C33H46FN3O5. The van der Waals surface area contributed by atoms with Crippen molar-refractivity contribution in [2.24, 2.45) is 5.92 Å². The largest absolute Gasteiger partial charge is 0.496 e. The second kappa shape index (κ2) is 17.8. The number of aliphatic carboxylic acids is 1. The summed E-state index contributed by atoms with van der Waals surface area (Å²) in [7, 11) is 3.07. The first-order chi connectivity index (χ1) is 20.3. The van der Waals surface area contributed by atoms with E-state index in [-0.39, 0.29) is 18.0 Å². The molecule has 9 heteroatoms. The van der Waals surface area contributed by atoms with Crippen molar-refractivity contribution in [1.29, 1.82) is 0 Å². The molecule has 0 spiro atoms. The third-order valence-electron chi connectivity index (χ3n) is 7.13. The summed E-state index contributed by atoms with van der Waals surface area (Å²) in [5.41, 5.74) is 1.72. The summed E-state index contributed by atoms with van der Waals surface area (Å²) < 4.78 is 26.3. The summed E-state index contributed by atoms with van der Waals surface area (Å²) in [5, 5.41) is 16.9. The molecular weight excluding hydrogens is 537 g/mol. The average Bonchev–Trinajstić information content (AvgIpc) is 3.47. The zero-order valence-electron chi connectivity index (χ0n) is 25.8. The maximum atomic E-state index is 13.6. The van der Waals surface area contributed by atoms with Crippen molar-refractivity contribution in [1.82, 2.24) is 15.1 Å². The molecule has 1 aliphatic carbocycles. The number of amides is 1. The maximum absolute atomic E-state index is 13.6. The van der Waals surface area contributed by atoms with Crippen LogP contribution < -0.4 is 14.8 Å². The van der Waals surface area contributed by atoms with Crippen molar-refractivity contribution in [3.05, 3.63) is 60.0 Å². The lowest BCUT2D eigenvalue weighted by Gasteiger charge is -2.29. The molecule has 0 bridgehead atoms. The lowest BCUT2D eigenvalue weighted by atomic mass is 9.82. The van der Waals surface area contributed by atoms with Crippen LogP contribution in [0.1, 0.15) is 89.5 Å². The molecule has 0 saturated heterocycles. The molecule has 1 aromatic heterocycles. The van der Waals surface area contributed by atoms with Crippen molar-refractivity contribution in [3.63, 3.8) is 0 Å². The first kappa shape index (κ1) is 34.3. The van der Waals surface area contributed by atoms with Crippen LogP contribution in [0.25, 0.3) is 16.9 Å². The number of nitrogens with one attached hydrogen (secondary N) is 1. The van der Waals surface area contributed by atoms with Gasteiger partial charge in [-0.05, 0) is 61.2 Å². The van der Waals surface area contributed by atoms with E-state index < -0.39 is 23.7 Å². The van der Waals surface area contributed by atoms with Crippen molar-refractivity contribution in [2.75, 3.05) is 14.2 Å². The van der Waals surface area contributed by atoms with E-state index in [1.54, 1.807) is 36.4 Å². The molecule has 1 atom stereocenters. The van der Waals surface area contributed by atoms with E-state index in [2.05, 4.69) is 24.3 Å². The summed E-state index contributed by atoms with van der Waals surface area (Å²) >= 11 is 0. The van der Waals surface area contributed by atoms with Crippen LogP contribution >= 0.6 is 0 Å². The molecule has 4 rings (SSSR count). The lowest BCUT2D eigenvalue weighted by Crippen LogP contribution is -2.42. The SMILES string of the molecule is CC.CCCC.COc1cccc(OC)c1-c1cc(C(=O)NC(CC(=O)O)C2CCCCC2)nn1-c1ccc(F)cc1. The Kier molecular flexibility index (Phi) is 14.6. The number of carbonyl (C=O) groups is 2. The number of hydrogen-bond donors (Lipinski definition) is 2. The monoisotopic (exact) mass is 583 g/mol. The van der Waals surface area contributed by atoms with Crippen LogP contribution in [0.4, 0.5) is 4.39 Å². The quantitative estimate of drug-likeness (QED) is 0.254. The molecule has 8 nitrogen and oxygen atoms in total. The summed E-state index contributed by atoms with van der Waals surface area (Å²) in [5.74, 6) is -0.702. The fraction of sp³-hybridized carbons (Fsp3) is 0.485. The number of carboxylic acid groups (broad SMARTS) is 1. The Morgan fingerprint density at radius 2 is 1.57 bits per heavy atom. The highest BCUT2D eigenvalue weighted by Crippen LogP contribution is 2.39. The number of ether oxygens (including phenoxy) is 2. The first-order valence-electron chi connectivity index (χ1n) is 14.9. The van der Waals surface area contributed by atoms with Gasteiger partial charge in [-0.2, -0.15) is 5.10 Å². The summed E-state index contributed by atoms with van der Waals surface area (Å²) in [6.07, 6.45) is 7.41. The number of hydrogen-bond acceptors (Lipinski definition) is 5. The van der Waals surface area contributed by atoms with E-state index in [9.17, 15) is 19.1 Å². The lowest BCUT2D eigenvalue weighted by molar-refractivity contribution is -0.137. The van der Waals surface area contributed by atoms with Crippen molar-refractivity contribution in [3.8, 4) is 28.4 Å². The van der Waals surface area contributed by atoms with Crippen LogP contribution in [0.5, 0.6) is 11.5 Å². The standard InChI is InChI=1S/C27H30FN3O5.C4H10.C2H6/c1-35-23-9-6-10-24(36-2)26(23)22-15-21(30-31(22)19-13-11-18(28)12-14-19)27(34)29-20(16-25(32)33)17-7-4-3-5-8-17;1-3-4-2;1-2/h6,9-15,17,20H,3-5,7-8,16H2,1-2H3,(H,29,34)(H,32,33);3-4H2,1-2H3;1-2H3. The van der Waals surface area contributed by atoms with Gasteiger partial charge in [0.15, 0.2) is 5.69 Å². The normalized spacial score (nSPS) is 13.5. The summed E-state index contributed by atoms with van der Waals surface area (Å²) in [4.78, 5) is 24.9. The predicted octanol–water partition coefficient (Wildman–Crippen LogP) is 7.68.